The first-order chi connectivity index (χ1) is 8.04. The first kappa shape index (κ1) is 13.0. The summed E-state index contributed by atoms with van der Waals surface area (Å²) >= 11 is 12.1. The van der Waals surface area contributed by atoms with E-state index in [1.54, 1.807) is 6.07 Å². The van der Waals surface area contributed by atoms with E-state index in [1.807, 2.05) is 12.1 Å². The van der Waals surface area contributed by atoms with Crippen molar-refractivity contribution < 1.29 is 4.74 Å². The van der Waals surface area contributed by atoms with Crippen LogP contribution in [0.25, 0.3) is 0 Å². The van der Waals surface area contributed by atoms with Gasteiger partial charge in [-0.3, -0.25) is 0 Å². The number of benzene rings is 1. The Morgan fingerprint density at radius 2 is 1.82 bits per heavy atom. The molecule has 1 saturated heterocycles. The van der Waals surface area contributed by atoms with Crippen LogP contribution in [0, 0.1) is 0 Å². The van der Waals surface area contributed by atoms with Gasteiger partial charge in [-0.2, -0.15) is 0 Å². The fourth-order valence-corrected chi connectivity index (χ4v) is 2.70. The highest BCUT2D eigenvalue weighted by molar-refractivity contribution is 6.35. The lowest BCUT2D eigenvalue weighted by molar-refractivity contribution is -0.0337. The Labute approximate surface area is 112 Å². The van der Waals surface area contributed by atoms with E-state index in [9.17, 15) is 0 Å². The molecule has 2 unspecified atom stereocenters. The van der Waals surface area contributed by atoms with E-state index in [-0.39, 0.29) is 12.2 Å². The minimum absolute atomic E-state index is 0.286. The van der Waals surface area contributed by atoms with Crippen molar-refractivity contribution in [3.05, 3.63) is 28.2 Å². The molecule has 0 spiro atoms. The van der Waals surface area contributed by atoms with Gasteiger partial charge in [0.1, 0.15) is 0 Å². The van der Waals surface area contributed by atoms with Crippen molar-refractivity contribution in [1.82, 2.24) is 0 Å². The lowest BCUT2D eigenvalue weighted by Crippen LogP contribution is -2.36. The summed E-state index contributed by atoms with van der Waals surface area (Å²) in [5.74, 6) is 0. The molecule has 17 heavy (non-hydrogen) atoms. The van der Waals surface area contributed by atoms with Gasteiger partial charge in [-0.15, -0.1) is 0 Å². The molecule has 2 atom stereocenters. The quantitative estimate of drug-likeness (QED) is 0.865. The predicted molar refractivity (Wildman–Crippen MR) is 73.1 cm³/mol. The molecular formula is C13H17Cl2NO. The summed E-state index contributed by atoms with van der Waals surface area (Å²) in [6.07, 6.45) is 2.56. The van der Waals surface area contributed by atoms with Crippen LogP contribution in [0.15, 0.2) is 18.2 Å². The molecule has 1 aliphatic rings. The van der Waals surface area contributed by atoms with E-state index in [0.717, 1.165) is 18.5 Å². The fourth-order valence-electron chi connectivity index (χ4n) is 2.35. The normalized spacial score (nSPS) is 29.1. The largest absolute Gasteiger partial charge is 0.381 e. The molecule has 0 radical (unpaired) electrons. The van der Waals surface area contributed by atoms with E-state index < -0.39 is 0 Å². The van der Waals surface area contributed by atoms with Crippen LogP contribution in [-0.4, -0.2) is 18.2 Å². The topological polar surface area (TPSA) is 21.3 Å². The van der Waals surface area contributed by atoms with Crippen molar-refractivity contribution in [2.45, 2.75) is 44.9 Å². The van der Waals surface area contributed by atoms with Gasteiger partial charge in [0.25, 0.3) is 0 Å². The summed E-state index contributed by atoms with van der Waals surface area (Å²) in [5, 5.41) is 4.86. The smallest absolute Gasteiger partial charge is 0.0638 e. The third kappa shape index (κ3) is 3.51. The Hall–Kier alpha value is -0.440. The van der Waals surface area contributed by atoms with Crippen molar-refractivity contribution in [3.8, 4) is 0 Å². The van der Waals surface area contributed by atoms with Gasteiger partial charge in [0.15, 0.2) is 0 Å². The maximum absolute atomic E-state index is 6.14. The number of halogens is 2. The molecule has 1 aromatic carbocycles. The lowest BCUT2D eigenvalue weighted by Gasteiger charge is -2.33. The third-order valence-electron chi connectivity index (χ3n) is 2.99. The van der Waals surface area contributed by atoms with Crippen LogP contribution in [0.4, 0.5) is 5.69 Å². The van der Waals surface area contributed by atoms with Gasteiger partial charge in [0.05, 0.1) is 22.9 Å². The Bertz CT molecular complexity index is 387. The highest BCUT2D eigenvalue weighted by atomic mass is 35.5. The molecule has 1 heterocycles. The second-order valence-electron chi connectivity index (χ2n) is 4.69. The summed E-state index contributed by atoms with van der Waals surface area (Å²) in [6, 6.07) is 5.88. The average molecular weight is 274 g/mol. The van der Waals surface area contributed by atoms with Crippen LogP contribution >= 0.6 is 23.2 Å². The standard InChI is InChI=1S/C13H17Cl2NO/c1-8-5-11(6-9(2)17-8)16-13-7-10(14)3-4-12(13)15/h3-4,7-9,11,16H,5-6H2,1-2H3. The number of hydrogen-bond donors (Lipinski definition) is 1. The molecule has 0 amide bonds. The second kappa shape index (κ2) is 5.47. The molecule has 2 rings (SSSR count). The highest BCUT2D eigenvalue weighted by Gasteiger charge is 2.24. The van der Waals surface area contributed by atoms with Gasteiger partial charge < -0.3 is 10.1 Å². The fraction of sp³-hybridized carbons (Fsp3) is 0.538. The van der Waals surface area contributed by atoms with Crippen molar-refractivity contribution in [3.63, 3.8) is 0 Å². The average Bonchev–Trinajstić information content (AvgIpc) is 2.22. The first-order valence-electron chi connectivity index (χ1n) is 5.91. The monoisotopic (exact) mass is 273 g/mol. The zero-order chi connectivity index (χ0) is 12.4. The van der Waals surface area contributed by atoms with Crippen LogP contribution < -0.4 is 5.32 Å². The van der Waals surface area contributed by atoms with Gasteiger partial charge in [-0.1, -0.05) is 23.2 Å². The molecule has 4 heteroatoms. The van der Waals surface area contributed by atoms with Crippen LogP contribution in [-0.2, 0) is 4.74 Å². The minimum Gasteiger partial charge on any atom is -0.381 e. The van der Waals surface area contributed by atoms with Crippen LogP contribution in [0.2, 0.25) is 10.0 Å². The van der Waals surface area contributed by atoms with Crippen LogP contribution in [0.1, 0.15) is 26.7 Å². The van der Waals surface area contributed by atoms with E-state index >= 15 is 0 Å². The second-order valence-corrected chi connectivity index (χ2v) is 5.54. The van der Waals surface area contributed by atoms with Crippen LogP contribution in [0.3, 0.4) is 0 Å². The predicted octanol–water partition coefficient (Wildman–Crippen LogP) is 4.36. The molecule has 94 valence electrons. The molecule has 1 aromatic rings. The molecule has 1 N–H and O–H groups in total. The highest BCUT2D eigenvalue weighted by Crippen LogP contribution is 2.29. The molecule has 0 bridgehead atoms. The minimum atomic E-state index is 0.286. The Balaban J connectivity index is 2.07. The molecular weight excluding hydrogens is 257 g/mol. The molecule has 1 fully saturated rings. The maximum Gasteiger partial charge on any atom is 0.0638 e. The number of rotatable bonds is 2. The summed E-state index contributed by atoms with van der Waals surface area (Å²) in [5.41, 5.74) is 0.908. The van der Waals surface area contributed by atoms with Crippen molar-refractivity contribution in [2.75, 3.05) is 5.32 Å². The van der Waals surface area contributed by atoms with Crippen molar-refractivity contribution in [2.24, 2.45) is 0 Å². The molecule has 0 aliphatic carbocycles. The number of hydrogen-bond acceptors (Lipinski definition) is 2. The summed E-state index contributed by atoms with van der Waals surface area (Å²) in [4.78, 5) is 0. The summed E-state index contributed by atoms with van der Waals surface area (Å²) < 4.78 is 5.71. The molecule has 1 aliphatic heterocycles. The number of anilines is 1. The molecule has 0 aromatic heterocycles. The number of ether oxygens (including phenoxy) is 1. The Morgan fingerprint density at radius 1 is 1.18 bits per heavy atom. The third-order valence-corrected chi connectivity index (χ3v) is 3.55. The summed E-state index contributed by atoms with van der Waals surface area (Å²) in [6.45, 7) is 4.20. The maximum atomic E-state index is 6.14. The van der Waals surface area contributed by atoms with Gasteiger partial charge in [0, 0.05) is 11.1 Å². The van der Waals surface area contributed by atoms with Crippen molar-refractivity contribution >= 4 is 28.9 Å². The SMILES string of the molecule is CC1CC(Nc2cc(Cl)ccc2Cl)CC(C)O1. The van der Waals surface area contributed by atoms with Crippen LogP contribution in [0.5, 0.6) is 0 Å². The Morgan fingerprint density at radius 3 is 2.47 bits per heavy atom. The van der Waals surface area contributed by atoms with E-state index in [2.05, 4.69) is 19.2 Å². The van der Waals surface area contributed by atoms with Gasteiger partial charge in [-0.05, 0) is 44.9 Å². The van der Waals surface area contributed by atoms with Gasteiger partial charge in [0.2, 0.25) is 0 Å². The number of nitrogens with one attached hydrogen (secondary N) is 1. The van der Waals surface area contributed by atoms with E-state index in [4.69, 9.17) is 27.9 Å². The molecule has 0 saturated carbocycles. The molecule has 2 nitrogen and oxygen atoms in total. The first-order valence-corrected chi connectivity index (χ1v) is 6.67. The van der Waals surface area contributed by atoms with E-state index in [1.165, 1.54) is 0 Å². The van der Waals surface area contributed by atoms with E-state index in [0.29, 0.717) is 16.1 Å². The van der Waals surface area contributed by atoms with Gasteiger partial charge in [-0.25, -0.2) is 0 Å². The summed E-state index contributed by atoms with van der Waals surface area (Å²) in [7, 11) is 0. The lowest BCUT2D eigenvalue weighted by atomic mass is 9.99. The Kier molecular flexibility index (Phi) is 4.18. The zero-order valence-electron chi connectivity index (χ0n) is 10.0. The zero-order valence-corrected chi connectivity index (χ0v) is 11.6. The van der Waals surface area contributed by atoms with Gasteiger partial charge >= 0.3 is 0 Å². The van der Waals surface area contributed by atoms with Crippen molar-refractivity contribution in [1.29, 1.82) is 0 Å².